The van der Waals surface area contributed by atoms with E-state index in [0.29, 0.717) is 17.0 Å². The fraction of sp³-hybridized carbons (Fsp3) is 0.200. The van der Waals surface area contributed by atoms with Crippen molar-refractivity contribution in [1.29, 1.82) is 0 Å². The summed E-state index contributed by atoms with van der Waals surface area (Å²) < 4.78 is 5.28. The van der Waals surface area contributed by atoms with Gasteiger partial charge in [-0.05, 0) is 24.4 Å². The molecule has 2 aromatic heterocycles. The van der Waals surface area contributed by atoms with Gasteiger partial charge in [0.05, 0.1) is 23.7 Å². The molecule has 0 aliphatic carbocycles. The fourth-order valence-electron chi connectivity index (χ4n) is 3.09. The van der Waals surface area contributed by atoms with Gasteiger partial charge in [-0.15, -0.1) is 11.3 Å². The number of para-hydroxylation sites is 1. The number of thioether (sulfide) groups is 1. The van der Waals surface area contributed by atoms with Gasteiger partial charge in [0.2, 0.25) is 0 Å². The van der Waals surface area contributed by atoms with E-state index in [4.69, 9.17) is 4.74 Å². The SMILES string of the molecule is CCOC(=O)C1=C(CSc2ncnc3ccccc23)NC(=O)NC1c1cccs1. The van der Waals surface area contributed by atoms with E-state index in [9.17, 15) is 9.59 Å². The number of thiophene rings is 1. The summed E-state index contributed by atoms with van der Waals surface area (Å²) in [6, 6.07) is 10.6. The Balaban J connectivity index is 1.70. The molecule has 1 atom stereocenters. The average molecular weight is 427 g/mol. The number of fused-ring (bicyclic) bond motifs is 1. The molecule has 1 unspecified atom stereocenters. The van der Waals surface area contributed by atoms with E-state index < -0.39 is 12.0 Å². The standard InChI is InChI=1S/C20H18N4O3S2/c1-2-27-19(25)16-14(23-20(26)24-17(16)15-8-5-9-28-15)10-29-18-12-6-3-4-7-13(12)21-11-22-18/h3-9,11,17H,2,10H2,1H3,(H2,23,24,26). The van der Waals surface area contributed by atoms with Crippen LogP contribution in [0.1, 0.15) is 17.8 Å². The maximum atomic E-state index is 12.7. The van der Waals surface area contributed by atoms with Gasteiger partial charge in [-0.3, -0.25) is 0 Å². The number of carbonyl (C=O) groups is 2. The van der Waals surface area contributed by atoms with Gasteiger partial charge < -0.3 is 15.4 Å². The molecule has 1 aliphatic rings. The van der Waals surface area contributed by atoms with Gasteiger partial charge in [-0.2, -0.15) is 0 Å². The van der Waals surface area contributed by atoms with E-state index in [1.807, 2.05) is 41.8 Å². The summed E-state index contributed by atoms with van der Waals surface area (Å²) >= 11 is 2.92. The lowest BCUT2D eigenvalue weighted by molar-refractivity contribution is -0.139. The molecule has 7 nitrogen and oxygen atoms in total. The first-order chi connectivity index (χ1) is 14.2. The first-order valence-corrected chi connectivity index (χ1v) is 10.9. The smallest absolute Gasteiger partial charge is 0.338 e. The second-order valence-electron chi connectivity index (χ2n) is 6.14. The van der Waals surface area contributed by atoms with Crippen LogP contribution in [0.15, 0.2) is 64.4 Å². The number of esters is 1. The summed E-state index contributed by atoms with van der Waals surface area (Å²) in [5, 5.41) is 9.24. The third kappa shape index (κ3) is 4.10. The molecule has 0 saturated carbocycles. The molecule has 3 aromatic rings. The Morgan fingerprint density at radius 1 is 1.24 bits per heavy atom. The molecule has 1 aliphatic heterocycles. The van der Waals surface area contributed by atoms with Gasteiger partial charge in [0, 0.05) is 21.7 Å². The van der Waals surface area contributed by atoms with Crippen molar-refractivity contribution in [2.75, 3.05) is 12.4 Å². The number of rotatable bonds is 6. The maximum absolute atomic E-state index is 12.7. The van der Waals surface area contributed by atoms with Gasteiger partial charge in [0.25, 0.3) is 0 Å². The number of urea groups is 1. The van der Waals surface area contributed by atoms with Crippen LogP contribution in [0, 0.1) is 0 Å². The third-order valence-electron chi connectivity index (χ3n) is 4.34. The first kappa shape index (κ1) is 19.4. The van der Waals surface area contributed by atoms with Crippen LogP contribution < -0.4 is 10.6 Å². The molecule has 0 radical (unpaired) electrons. The molecular weight excluding hydrogens is 408 g/mol. The minimum absolute atomic E-state index is 0.254. The van der Waals surface area contributed by atoms with Gasteiger partial charge in [0.1, 0.15) is 11.4 Å². The number of amides is 2. The molecule has 2 N–H and O–H groups in total. The fourth-order valence-corrected chi connectivity index (χ4v) is 4.83. The molecule has 1 aromatic carbocycles. The Bertz CT molecular complexity index is 1080. The highest BCUT2D eigenvalue weighted by Crippen LogP contribution is 2.33. The Morgan fingerprint density at radius 3 is 2.90 bits per heavy atom. The number of nitrogens with zero attached hydrogens (tertiary/aromatic N) is 2. The Hall–Kier alpha value is -2.91. The summed E-state index contributed by atoms with van der Waals surface area (Å²) in [6.45, 7) is 2.01. The molecule has 29 heavy (non-hydrogen) atoms. The molecule has 2 amide bonds. The minimum Gasteiger partial charge on any atom is -0.463 e. The first-order valence-electron chi connectivity index (χ1n) is 9.01. The van der Waals surface area contributed by atoms with Crippen molar-refractivity contribution >= 4 is 46.0 Å². The van der Waals surface area contributed by atoms with E-state index in [1.54, 1.807) is 6.92 Å². The Kier molecular flexibility index (Phi) is 5.77. The highest BCUT2D eigenvalue weighted by atomic mass is 32.2. The van der Waals surface area contributed by atoms with E-state index in [0.717, 1.165) is 20.8 Å². The number of ether oxygens (including phenoxy) is 1. The average Bonchev–Trinajstić information content (AvgIpc) is 3.26. The Labute approximate surface area is 175 Å². The quantitative estimate of drug-likeness (QED) is 0.355. The monoisotopic (exact) mass is 426 g/mol. The largest absolute Gasteiger partial charge is 0.463 e. The lowest BCUT2D eigenvalue weighted by Gasteiger charge is -2.28. The predicted molar refractivity (Wildman–Crippen MR) is 113 cm³/mol. The van der Waals surface area contributed by atoms with Gasteiger partial charge in [0.15, 0.2) is 0 Å². The number of aromatic nitrogens is 2. The van der Waals surface area contributed by atoms with Crippen LogP contribution in [0.5, 0.6) is 0 Å². The van der Waals surface area contributed by atoms with Crippen molar-refractivity contribution in [3.05, 3.63) is 64.3 Å². The van der Waals surface area contributed by atoms with Crippen molar-refractivity contribution < 1.29 is 14.3 Å². The third-order valence-corrected chi connectivity index (χ3v) is 6.31. The second kappa shape index (κ2) is 8.62. The number of nitrogens with one attached hydrogen (secondary N) is 2. The van der Waals surface area contributed by atoms with E-state index >= 15 is 0 Å². The van der Waals surface area contributed by atoms with Gasteiger partial charge in [-0.25, -0.2) is 19.6 Å². The Morgan fingerprint density at radius 2 is 2.10 bits per heavy atom. The van der Waals surface area contributed by atoms with Crippen LogP contribution in [-0.2, 0) is 9.53 Å². The molecule has 0 bridgehead atoms. The van der Waals surface area contributed by atoms with Crippen molar-refractivity contribution in [3.8, 4) is 0 Å². The summed E-state index contributed by atoms with van der Waals surface area (Å²) in [4.78, 5) is 34.6. The predicted octanol–water partition coefficient (Wildman–Crippen LogP) is 3.65. The van der Waals surface area contributed by atoms with E-state index in [-0.39, 0.29) is 12.6 Å². The topological polar surface area (TPSA) is 93.2 Å². The van der Waals surface area contributed by atoms with Crippen molar-refractivity contribution in [2.24, 2.45) is 0 Å². The zero-order chi connectivity index (χ0) is 20.2. The summed E-state index contributed by atoms with van der Waals surface area (Å²) in [7, 11) is 0. The van der Waals surface area contributed by atoms with Gasteiger partial charge in [-0.1, -0.05) is 36.0 Å². The number of benzene rings is 1. The lowest BCUT2D eigenvalue weighted by Crippen LogP contribution is -2.46. The van der Waals surface area contributed by atoms with Crippen LogP contribution >= 0.6 is 23.1 Å². The molecule has 4 rings (SSSR count). The number of hydrogen-bond acceptors (Lipinski definition) is 7. The van der Waals surface area contributed by atoms with Crippen LogP contribution in [0.3, 0.4) is 0 Å². The molecule has 3 heterocycles. The highest BCUT2D eigenvalue weighted by molar-refractivity contribution is 7.99. The van der Waals surface area contributed by atoms with Crippen LogP contribution in [0.4, 0.5) is 4.79 Å². The normalized spacial score (nSPS) is 16.4. The lowest BCUT2D eigenvalue weighted by atomic mass is 10.0. The summed E-state index contributed by atoms with van der Waals surface area (Å²) in [5.74, 6) is -0.0775. The molecule has 0 spiro atoms. The van der Waals surface area contributed by atoms with E-state index in [1.165, 1.54) is 29.4 Å². The van der Waals surface area contributed by atoms with E-state index in [2.05, 4.69) is 20.6 Å². The molecule has 0 saturated heterocycles. The number of carbonyl (C=O) groups excluding carboxylic acids is 2. The number of hydrogen-bond donors (Lipinski definition) is 2. The molecule has 0 fully saturated rings. The van der Waals surface area contributed by atoms with Crippen molar-refractivity contribution in [2.45, 2.75) is 18.0 Å². The molecular formula is C20H18N4O3S2. The van der Waals surface area contributed by atoms with Crippen LogP contribution in [0.2, 0.25) is 0 Å². The maximum Gasteiger partial charge on any atom is 0.338 e. The van der Waals surface area contributed by atoms with Crippen molar-refractivity contribution in [1.82, 2.24) is 20.6 Å². The molecule has 9 heteroatoms. The second-order valence-corrected chi connectivity index (χ2v) is 8.09. The van der Waals surface area contributed by atoms with Gasteiger partial charge >= 0.3 is 12.0 Å². The van der Waals surface area contributed by atoms with Crippen LogP contribution in [-0.4, -0.2) is 34.3 Å². The highest BCUT2D eigenvalue weighted by Gasteiger charge is 2.34. The summed E-state index contributed by atoms with van der Waals surface area (Å²) in [6.07, 6.45) is 1.51. The van der Waals surface area contributed by atoms with Crippen molar-refractivity contribution in [3.63, 3.8) is 0 Å². The summed E-state index contributed by atoms with van der Waals surface area (Å²) in [5.41, 5.74) is 1.79. The zero-order valence-corrected chi connectivity index (χ0v) is 17.2. The zero-order valence-electron chi connectivity index (χ0n) is 15.5. The van der Waals surface area contributed by atoms with Crippen LogP contribution in [0.25, 0.3) is 10.9 Å². The minimum atomic E-state index is -0.541. The molecule has 148 valence electrons.